The summed E-state index contributed by atoms with van der Waals surface area (Å²) in [6, 6.07) is 14.4. The fraction of sp³-hybridized carbons (Fsp3) is 0.435. The Morgan fingerprint density at radius 2 is 1.68 bits per heavy atom. The Bertz CT molecular complexity index is 875. The second-order valence-electron chi connectivity index (χ2n) is 8.10. The molecule has 0 spiro atoms. The van der Waals surface area contributed by atoms with Crippen LogP contribution in [0.3, 0.4) is 0 Å². The van der Waals surface area contributed by atoms with Gasteiger partial charge in [-0.2, -0.15) is 0 Å². The second kappa shape index (κ2) is 10.3. The van der Waals surface area contributed by atoms with Crippen LogP contribution < -0.4 is 15.0 Å². The van der Waals surface area contributed by atoms with Gasteiger partial charge in [0.1, 0.15) is 5.75 Å². The van der Waals surface area contributed by atoms with Gasteiger partial charge in [-0.05, 0) is 35.7 Å². The summed E-state index contributed by atoms with van der Waals surface area (Å²) in [5.41, 5.74) is 2.12. The minimum Gasteiger partial charge on any atom is -0.497 e. The van der Waals surface area contributed by atoms with E-state index in [2.05, 4.69) is 29.0 Å². The van der Waals surface area contributed by atoms with Crippen molar-refractivity contribution in [3.8, 4) is 5.75 Å². The third-order valence-corrected chi connectivity index (χ3v) is 5.62. The van der Waals surface area contributed by atoms with E-state index in [-0.39, 0.29) is 23.6 Å². The van der Waals surface area contributed by atoms with Gasteiger partial charge in [0.2, 0.25) is 5.91 Å². The van der Waals surface area contributed by atoms with Crippen molar-refractivity contribution in [3.63, 3.8) is 0 Å². The van der Waals surface area contributed by atoms with Crippen molar-refractivity contribution in [3.05, 3.63) is 64.2 Å². The SMILES string of the molecule is COc1ccc(C(NC(=O)CN2CCN(c3ccc([N+](=O)[O-])cc3)CC2)C(C)C)cc1. The molecular formula is C23H30N4O4. The van der Waals surface area contributed by atoms with Gasteiger partial charge in [0.05, 0.1) is 24.6 Å². The number of non-ortho nitro benzene ring substituents is 1. The summed E-state index contributed by atoms with van der Waals surface area (Å²) in [4.78, 5) is 27.5. The molecular weight excluding hydrogens is 396 g/mol. The maximum atomic E-state index is 12.7. The molecule has 0 saturated carbocycles. The molecule has 1 N–H and O–H groups in total. The highest BCUT2D eigenvalue weighted by molar-refractivity contribution is 5.78. The predicted molar refractivity (Wildman–Crippen MR) is 120 cm³/mol. The quantitative estimate of drug-likeness (QED) is 0.515. The number of benzene rings is 2. The Morgan fingerprint density at radius 3 is 2.19 bits per heavy atom. The third-order valence-electron chi connectivity index (χ3n) is 5.62. The largest absolute Gasteiger partial charge is 0.497 e. The van der Waals surface area contributed by atoms with Crippen molar-refractivity contribution >= 4 is 17.3 Å². The Hall–Kier alpha value is -3.13. The molecule has 1 amide bonds. The number of nitro benzene ring substituents is 1. The number of nitrogens with one attached hydrogen (secondary N) is 1. The van der Waals surface area contributed by atoms with Gasteiger partial charge < -0.3 is 15.0 Å². The minimum atomic E-state index is -0.392. The van der Waals surface area contributed by atoms with Gasteiger partial charge in [0.25, 0.3) is 5.69 Å². The molecule has 1 fully saturated rings. The molecule has 8 heteroatoms. The number of carbonyl (C=O) groups excluding carboxylic acids is 1. The molecule has 2 aromatic rings. The van der Waals surface area contributed by atoms with E-state index in [1.54, 1.807) is 19.2 Å². The zero-order chi connectivity index (χ0) is 22.4. The van der Waals surface area contributed by atoms with Crippen LogP contribution in [-0.4, -0.2) is 55.6 Å². The van der Waals surface area contributed by atoms with E-state index >= 15 is 0 Å². The van der Waals surface area contributed by atoms with Gasteiger partial charge in [-0.3, -0.25) is 19.8 Å². The van der Waals surface area contributed by atoms with E-state index in [0.29, 0.717) is 6.54 Å². The van der Waals surface area contributed by atoms with Crippen molar-refractivity contribution < 1.29 is 14.5 Å². The van der Waals surface area contributed by atoms with Crippen molar-refractivity contribution in [2.45, 2.75) is 19.9 Å². The van der Waals surface area contributed by atoms with Crippen molar-refractivity contribution in [2.24, 2.45) is 5.92 Å². The highest BCUT2D eigenvalue weighted by Gasteiger charge is 2.23. The number of ether oxygens (including phenoxy) is 1. The number of piperazine rings is 1. The van der Waals surface area contributed by atoms with Crippen LogP contribution in [0.1, 0.15) is 25.5 Å². The first-order valence-corrected chi connectivity index (χ1v) is 10.5. The number of hydrogen-bond donors (Lipinski definition) is 1. The Balaban J connectivity index is 1.52. The second-order valence-corrected chi connectivity index (χ2v) is 8.10. The van der Waals surface area contributed by atoms with Crippen LogP contribution in [0.2, 0.25) is 0 Å². The molecule has 31 heavy (non-hydrogen) atoms. The number of rotatable bonds is 8. The Morgan fingerprint density at radius 1 is 1.06 bits per heavy atom. The molecule has 166 valence electrons. The van der Waals surface area contributed by atoms with Gasteiger partial charge in [-0.15, -0.1) is 0 Å². The molecule has 8 nitrogen and oxygen atoms in total. The number of hydrogen-bond acceptors (Lipinski definition) is 6. The first-order valence-electron chi connectivity index (χ1n) is 10.5. The summed E-state index contributed by atoms with van der Waals surface area (Å²) in [6.45, 7) is 7.62. The number of carbonyl (C=O) groups is 1. The number of amides is 1. The maximum Gasteiger partial charge on any atom is 0.269 e. The summed E-state index contributed by atoms with van der Waals surface area (Å²) in [5, 5.41) is 14.0. The average Bonchev–Trinajstić information content (AvgIpc) is 2.78. The van der Waals surface area contributed by atoms with Crippen LogP contribution in [0.5, 0.6) is 5.75 Å². The Kier molecular flexibility index (Phi) is 7.46. The number of methoxy groups -OCH3 is 1. The molecule has 1 heterocycles. The first-order chi connectivity index (χ1) is 14.9. The first kappa shape index (κ1) is 22.6. The van der Waals surface area contributed by atoms with Crippen LogP contribution in [0.15, 0.2) is 48.5 Å². The fourth-order valence-electron chi connectivity index (χ4n) is 3.82. The van der Waals surface area contributed by atoms with E-state index in [0.717, 1.165) is 43.2 Å². The number of nitrogens with zero attached hydrogens (tertiary/aromatic N) is 3. The highest BCUT2D eigenvalue weighted by atomic mass is 16.6. The standard InChI is InChI=1S/C23H30N4O4/c1-17(2)23(18-4-10-21(31-3)11-5-18)24-22(28)16-25-12-14-26(15-13-25)19-6-8-20(9-7-19)27(29)30/h4-11,17,23H,12-16H2,1-3H3,(H,24,28). The fourth-order valence-corrected chi connectivity index (χ4v) is 3.82. The molecule has 1 unspecified atom stereocenters. The predicted octanol–water partition coefficient (Wildman–Crippen LogP) is 3.24. The maximum absolute atomic E-state index is 12.7. The van der Waals surface area contributed by atoms with Gasteiger partial charge in [0, 0.05) is 44.0 Å². The summed E-state index contributed by atoms with van der Waals surface area (Å²) in [7, 11) is 1.64. The van der Waals surface area contributed by atoms with Gasteiger partial charge in [-0.25, -0.2) is 0 Å². The highest BCUT2D eigenvalue weighted by Crippen LogP contribution is 2.24. The molecule has 3 rings (SSSR count). The van der Waals surface area contributed by atoms with Gasteiger partial charge in [-0.1, -0.05) is 26.0 Å². The monoisotopic (exact) mass is 426 g/mol. The van der Waals surface area contributed by atoms with Gasteiger partial charge >= 0.3 is 0 Å². The van der Waals surface area contributed by atoms with Crippen molar-refractivity contribution in [2.75, 3.05) is 44.7 Å². The lowest BCUT2D eigenvalue weighted by Gasteiger charge is -2.36. The minimum absolute atomic E-state index is 0.0123. The molecule has 0 bridgehead atoms. The molecule has 0 radical (unpaired) electrons. The molecule has 1 saturated heterocycles. The molecule has 0 aromatic heterocycles. The molecule has 1 atom stereocenters. The summed E-state index contributed by atoms with van der Waals surface area (Å²) in [6.07, 6.45) is 0. The van der Waals surface area contributed by atoms with Crippen LogP contribution in [0.4, 0.5) is 11.4 Å². The van der Waals surface area contributed by atoms with Crippen LogP contribution in [0.25, 0.3) is 0 Å². The van der Waals surface area contributed by atoms with E-state index in [4.69, 9.17) is 4.74 Å². The van der Waals surface area contributed by atoms with Gasteiger partial charge in [0.15, 0.2) is 0 Å². The third kappa shape index (κ3) is 5.95. The summed E-state index contributed by atoms with van der Waals surface area (Å²) >= 11 is 0. The number of nitro groups is 1. The zero-order valence-corrected chi connectivity index (χ0v) is 18.3. The van der Waals surface area contributed by atoms with Crippen LogP contribution >= 0.6 is 0 Å². The van der Waals surface area contributed by atoms with E-state index < -0.39 is 4.92 Å². The average molecular weight is 427 g/mol. The molecule has 1 aliphatic rings. The van der Waals surface area contributed by atoms with Crippen LogP contribution in [0, 0.1) is 16.0 Å². The topological polar surface area (TPSA) is 88.0 Å². The molecule has 0 aliphatic carbocycles. The Labute approximate surface area is 182 Å². The van der Waals surface area contributed by atoms with Crippen molar-refractivity contribution in [1.82, 2.24) is 10.2 Å². The lowest BCUT2D eigenvalue weighted by atomic mass is 9.96. The van der Waals surface area contributed by atoms with Crippen LogP contribution in [-0.2, 0) is 4.79 Å². The molecule has 1 aliphatic heterocycles. The summed E-state index contributed by atoms with van der Waals surface area (Å²) < 4.78 is 5.22. The van der Waals surface area contributed by atoms with E-state index in [9.17, 15) is 14.9 Å². The zero-order valence-electron chi connectivity index (χ0n) is 18.3. The summed E-state index contributed by atoms with van der Waals surface area (Å²) in [5.74, 6) is 1.07. The van der Waals surface area contributed by atoms with E-state index in [1.165, 1.54) is 12.1 Å². The lowest BCUT2D eigenvalue weighted by molar-refractivity contribution is -0.384. The normalized spacial score (nSPS) is 15.5. The molecule has 2 aromatic carbocycles. The van der Waals surface area contributed by atoms with E-state index in [1.807, 2.05) is 24.3 Å². The van der Waals surface area contributed by atoms with Crippen molar-refractivity contribution in [1.29, 1.82) is 0 Å². The number of anilines is 1. The smallest absolute Gasteiger partial charge is 0.269 e. The lowest BCUT2D eigenvalue weighted by Crippen LogP contribution is -2.50.